The van der Waals surface area contributed by atoms with Crippen LogP contribution in [0.5, 0.6) is 5.88 Å². The van der Waals surface area contributed by atoms with Crippen molar-refractivity contribution < 1.29 is 9.78 Å². The van der Waals surface area contributed by atoms with Gasteiger partial charge in [-0.25, -0.2) is 15.0 Å². The fraction of sp³-hybridized carbons (Fsp3) is 0.312. The molecule has 2 aromatic heterocycles. The summed E-state index contributed by atoms with van der Waals surface area (Å²) in [5, 5.41) is 7.18. The van der Waals surface area contributed by atoms with Crippen molar-refractivity contribution in [2.24, 2.45) is 0 Å². The minimum atomic E-state index is 0.164. The first-order valence-corrected chi connectivity index (χ1v) is 8.87. The summed E-state index contributed by atoms with van der Waals surface area (Å²) in [6, 6.07) is 7.98. The Morgan fingerprint density at radius 3 is 2.88 bits per heavy atom. The van der Waals surface area contributed by atoms with Crippen molar-refractivity contribution in [1.29, 1.82) is 0 Å². The molecule has 2 N–H and O–H groups in total. The first-order valence-electron chi connectivity index (χ1n) is 8.06. The summed E-state index contributed by atoms with van der Waals surface area (Å²) in [4.78, 5) is 25.8. The maximum absolute atomic E-state index is 5.36. The molecule has 0 spiro atoms. The predicted octanol–water partition coefficient (Wildman–Crippen LogP) is 1.88. The van der Waals surface area contributed by atoms with Crippen molar-refractivity contribution in [2.75, 3.05) is 43.1 Å². The summed E-state index contributed by atoms with van der Waals surface area (Å²) in [6.45, 7) is 3.71. The molecule has 4 rings (SSSR count). The van der Waals surface area contributed by atoms with E-state index in [2.05, 4.69) is 30.5 Å². The number of thiazole rings is 1. The van der Waals surface area contributed by atoms with Crippen LogP contribution in [0, 0.1) is 0 Å². The van der Waals surface area contributed by atoms with Gasteiger partial charge in [-0.2, -0.15) is 4.89 Å². The van der Waals surface area contributed by atoms with Crippen molar-refractivity contribution in [2.45, 2.75) is 0 Å². The highest BCUT2D eigenvalue weighted by molar-refractivity contribution is 7.22. The number of hydrogen-bond acceptors (Lipinski definition) is 9. The quantitative estimate of drug-likeness (QED) is 0.299. The van der Waals surface area contributed by atoms with Crippen LogP contribution in [0.4, 0.5) is 10.9 Å². The second-order valence-corrected chi connectivity index (χ2v) is 6.46. The highest BCUT2D eigenvalue weighted by Crippen LogP contribution is 2.25. The lowest BCUT2D eigenvalue weighted by molar-refractivity contribution is -0.202. The summed E-state index contributed by atoms with van der Waals surface area (Å²) in [5.74, 6) is 1.07. The molecule has 8 nitrogen and oxygen atoms in total. The zero-order valence-corrected chi connectivity index (χ0v) is 14.3. The number of nitrogens with one attached hydrogen (secondary N) is 2. The Hall–Kier alpha value is -2.49. The van der Waals surface area contributed by atoms with E-state index in [-0.39, 0.29) is 6.73 Å². The molecular formula is C16H18N6O2S. The van der Waals surface area contributed by atoms with Gasteiger partial charge in [-0.3, -0.25) is 0 Å². The van der Waals surface area contributed by atoms with E-state index in [1.807, 2.05) is 24.3 Å². The second-order valence-electron chi connectivity index (χ2n) is 5.43. The van der Waals surface area contributed by atoms with Gasteiger partial charge in [0.2, 0.25) is 0 Å². The second kappa shape index (κ2) is 7.60. The SMILES string of the molecule is c1ccc2sc(NCOOc3nccnc3N3CCNCC3)nc2c1. The van der Waals surface area contributed by atoms with Crippen LogP contribution in [0.3, 0.4) is 0 Å². The van der Waals surface area contributed by atoms with Crippen LogP contribution in [0.1, 0.15) is 0 Å². The van der Waals surface area contributed by atoms with Crippen molar-refractivity contribution in [3.05, 3.63) is 36.7 Å². The lowest BCUT2D eigenvalue weighted by atomic mass is 10.3. The number of rotatable bonds is 6. The summed E-state index contributed by atoms with van der Waals surface area (Å²) < 4.78 is 1.13. The lowest BCUT2D eigenvalue weighted by Crippen LogP contribution is -2.44. The normalized spacial score (nSPS) is 14.6. The molecule has 0 atom stereocenters. The van der Waals surface area contributed by atoms with E-state index in [0.29, 0.717) is 11.7 Å². The summed E-state index contributed by atoms with van der Waals surface area (Å²) in [6.07, 6.45) is 3.25. The standard InChI is InChI=1S/C16H18N6O2S/c1-2-4-13-12(3-1)21-16(25-13)20-11-23-24-15-14(18-5-6-19-15)22-9-7-17-8-10-22/h1-6,17H,7-11H2,(H,20,21). The van der Waals surface area contributed by atoms with Crippen molar-refractivity contribution in [1.82, 2.24) is 20.3 Å². The number of piperazine rings is 1. The van der Waals surface area contributed by atoms with E-state index >= 15 is 0 Å². The van der Waals surface area contributed by atoms with Crippen LogP contribution in [0.25, 0.3) is 10.2 Å². The maximum Gasteiger partial charge on any atom is 0.299 e. The molecule has 0 unspecified atom stereocenters. The molecule has 3 heterocycles. The van der Waals surface area contributed by atoms with Gasteiger partial charge >= 0.3 is 0 Å². The lowest BCUT2D eigenvalue weighted by Gasteiger charge is -2.28. The molecular weight excluding hydrogens is 340 g/mol. The minimum absolute atomic E-state index is 0.164. The van der Waals surface area contributed by atoms with E-state index in [1.165, 1.54) is 0 Å². The zero-order chi connectivity index (χ0) is 16.9. The van der Waals surface area contributed by atoms with Gasteiger partial charge < -0.3 is 20.4 Å². The zero-order valence-electron chi connectivity index (χ0n) is 13.5. The molecule has 0 bridgehead atoms. The number of benzene rings is 1. The Labute approximate surface area is 148 Å². The van der Waals surface area contributed by atoms with Gasteiger partial charge in [0, 0.05) is 38.6 Å². The Bertz CT molecular complexity index is 803. The van der Waals surface area contributed by atoms with Crippen LogP contribution >= 0.6 is 11.3 Å². The number of para-hydroxylation sites is 1. The fourth-order valence-electron chi connectivity index (χ4n) is 2.59. The molecule has 1 aliphatic rings. The van der Waals surface area contributed by atoms with Crippen LogP contribution in [0.15, 0.2) is 36.7 Å². The van der Waals surface area contributed by atoms with Crippen LogP contribution < -0.4 is 20.4 Å². The summed E-state index contributed by atoms with van der Waals surface area (Å²) in [7, 11) is 0. The third-order valence-corrected chi connectivity index (χ3v) is 4.77. The Morgan fingerprint density at radius 1 is 1.16 bits per heavy atom. The smallest absolute Gasteiger partial charge is 0.299 e. The maximum atomic E-state index is 5.36. The molecule has 1 fully saturated rings. The number of hydrogen-bond donors (Lipinski definition) is 2. The van der Waals surface area contributed by atoms with E-state index in [9.17, 15) is 0 Å². The predicted molar refractivity (Wildman–Crippen MR) is 96.9 cm³/mol. The van der Waals surface area contributed by atoms with E-state index in [1.54, 1.807) is 23.7 Å². The first kappa shape index (κ1) is 16.0. The van der Waals surface area contributed by atoms with Gasteiger partial charge in [0.25, 0.3) is 5.88 Å². The van der Waals surface area contributed by atoms with Crippen molar-refractivity contribution >= 4 is 32.5 Å². The molecule has 0 radical (unpaired) electrons. The van der Waals surface area contributed by atoms with Gasteiger partial charge in [-0.05, 0) is 12.1 Å². The third kappa shape index (κ3) is 3.78. The molecule has 3 aromatic rings. The van der Waals surface area contributed by atoms with Crippen molar-refractivity contribution in [3.8, 4) is 5.88 Å². The summed E-state index contributed by atoms with van der Waals surface area (Å²) in [5.41, 5.74) is 0.964. The molecule has 1 saturated heterocycles. The van der Waals surface area contributed by atoms with Crippen LogP contribution in [0.2, 0.25) is 0 Å². The average Bonchev–Trinajstić information content (AvgIpc) is 3.09. The van der Waals surface area contributed by atoms with Gasteiger partial charge in [0.05, 0.1) is 10.2 Å². The molecule has 1 aliphatic heterocycles. The number of nitrogens with zero attached hydrogens (tertiary/aromatic N) is 4. The molecule has 130 valence electrons. The highest BCUT2D eigenvalue weighted by Gasteiger charge is 2.18. The van der Waals surface area contributed by atoms with Gasteiger partial charge in [0.1, 0.15) is 0 Å². The van der Waals surface area contributed by atoms with Gasteiger partial charge in [0.15, 0.2) is 17.7 Å². The molecule has 9 heteroatoms. The largest absolute Gasteiger partial charge is 0.349 e. The highest BCUT2D eigenvalue weighted by atomic mass is 32.1. The number of aromatic nitrogens is 3. The van der Waals surface area contributed by atoms with E-state index in [4.69, 9.17) is 9.78 Å². The first-order chi connectivity index (χ1) is 12.4. The molecule has 0 amide bonds. The Kier molecular flexibility index (Phi) is 4.86. The van der Waals surface area contributed by atoms with Crippen LogP contribution in [-0.2, 0) is 4.89 Å². The Balaban J connectivity index is 1.34. The average molecular weight is 358 g/mol. The van der Waals surface area contributed by atoms with Gasteiger partial charge in [-0.15, -0.1) is 0 Å². The molecule has 1 aromatic carbocycles. The molecule has 0 saturated carbocycles. The number of anilines is 2. The minimum Gasteiger partial charge on any atom is -0.349 e. The monoisotopic (exact) mass is 358 g/mol. The number of fused-ring (bicyclic) bond motifs is 1. The fourth-order valence-corrected chi connectivity index (χ4v) is 3.44. The Morgan fingerprint density at radius 2 is 2.00 bits per heavy atom. The van der Waals surface area contributed by atoms with Crippen molar-refractivity contribution in [3.63, 3.8) is 0 Å². The van der Waals surface area contributed by atoms with E-state index < -0.39 is 0 Å². The summed E-state index contributed by atoms with van der Waals surface area (Å²) >= 11 is 1.57. The van der Waals surface area contributed by atoms with E-state index in [0.717, 1.165) is 41.5 Å². The van der Waals surface area contributed by atoms with Gasteiger partial charge in [-0.1, -0.05) is 23.5 Å². The third-order valence-electron chi connectivity index (χ3n) is 3.78. The molecule has 25 heavy (non-hydrogen) atoms. The topological polar surface area (TPSA) is 84.4 Å². The van der Waals surface area contributed by atoms with Crippen LogP contribution in [-0.4, -0.2) is 47.9 Å². The molecule has 0 aliphatic carbocycles.